The molecule has 27 heavy (non-hydrogen) atoms. The van der Waals surface area contributed by atoms with Crippen molar-refractivity contribution in [3.05, 3.63) is 40.8 Å². The van der Waals surface area contributed by atoms with Gasteiger partial charge in [0.05, 0.1) is 0 Å². The Morgan fingerprint density at radius 3 is 2.67 bits per heavy atom. The number of guanidine groups is 1. The molecule has 144 valence electrons. The molecule has 0 bridgehead atoms. The molecule has 1 amide bonds. The SMILES string of the molecule is CN=C(NCCC(=O)N1CCN(c2ncccn2)CC1)NCc1ccsc1. The maximum atomic E-state index is 12.4. The van der Waals surface area contributed by atoms with Crippen molar-refractivity contribution in [2.24, 2.45) is 4.99 Å². The van der Waals surface area contributed by atoms with Crippen molar-refractivity contribution in [3.63, 3.8) is 0 Å². The Labute approximate surface area is 163 Å². The fourth-order valence-electron chi connectivity index (χ4n) is 2.86. The van der Waals surface area contributed by atoms with Gasteiger partial charge in [0.25, 0.3) is 0 Å². The Hall–Kier alpha value is -2.68. The molecule has 0 saturated carbocycles. The molecule has 1 aliphatic rings. The van der Waals surface area contributed by atoms with Crippen LogP contribution >= 0.6 is 11.3 Å². The summed E-state index contributed by atoms with van der Waals surface area (Å²) in [6.07, 6.45) is 3.93. The van der Waals surface area contributed by atoms with E-state index in [1.165, 1.54) is 5.56 Å². The molecule has 1 saturated heterocycles. The highest BCUT2D eigenvalue weighted by atomic mass is 32.1. The third-order valence-electron chi connectivity index (χ3n) is 4.36. The Balaban J connectivity index is 1.35. The van der Waals surface area contributed by atoms with Crippen LogP contribution in [-0.2, 0) is 11.3 Å². The summed E-state index contributed by atoms with van der Waals surface area (Å²) in [6.45, 7) is 4.19. The van der Waals surface area contributed by atoms with E-state index in [4.69, 9.17) is 0 Å². The Kier molecular flexibility index (Phi) is 6.97. The van der Waals surface area contributed by atoms with Crippen LogP contribution < -0.4 is 15.5 Å². The molecule has 0 atom stereocenters. The highest BCUT2D eigenvalue weighted by molar-refractivity contribution is 7.07. The van der Waals surface area contributed by atoms with E-state index in [1.807, 2.05) is 4.90 Å². The maximum absolute atomic E-state index is 12.4. The maximum Gasteiger partial charge on any atom is 0.225 e. The van der Waals surface area contributed by atoms with Crippen LogP contribution in [0.2, 0.25) is 0 Å². The first-order valence-electron chi connectivity index (χ1n) is 9.01. The molecule has 0 spiro atoms. The average molecular weight is 388 g/mol. The van der Waals surface area contributed by atoms with Gasteiger partial charge in [0.2, 0.25) is 11.9 Å². The van der Waals surface area contributed by atoms with Crippen LogP contribution in [0.3, 0.4) is 0 Å². The van der Waals surface area contributed by atoms with Gasteiger partial charge in [-0.25, -0.2) is 9.97 Å². The lowest BCUT2D eigenvalue weighted by Gasteiger charge is -2.34. The third-order valence-corrected chi connectivity index (χ3v) is 5.09. The molecule has 2 aromatic heterocycles. The van der Waals surface area contributed by atoms with Gasteiger partial charge in [-0.1, -0.05) is 0 Å². The first kappa shape index (κ1) is 19.1. The minimum absolute atomic E-state index is 0.157. The van der Waals surface area contributed by atoms with E-state index in [9.17, 15) is 4.79 Å². The van der Waals surface area contributed by atoms with Gasteiger partial charge in [-0.15, -0.1) is 0 Å². The largest absolute Gasteiger partial charge is 0.356 e. The third kappa shape index (κ3) is 5.65. The van der Waals surface area contributed by atoms with Crippen LogP contribution in [0.1, 0.15) is 12.0 Å². The minimum Gasteiger partial charge on any atom is -0.356 e. The first-order valence-corrected chi connectivity index (χ1v) is 9.96. The van der Waals surface area contributed by atoms with Crippen molar-refractivity contribution >= 4 is 29.2 Å². The molecule has 1 aliphatic heterocycles. The lowest BCUT2D eigenvalue weighted by Crippen LogP contribution is -2.50. The Morgan fingerprint density at radius 2 is 2.00 bits per heavy atom. The number of aliphatic imine (C=N–C) groups is 1. The molecule has 2 aromatic rings. The fraction of sp³-hybridized carbons (Fsp3) is 0.444. The van der Waals surface area contributed by atoms with Gasteiger partial charge >= 0.3 is 0 Å². The van der Waals surface area contributed by atoms with Crippen molar-refractivity contribution in [2.75, 3.05) is 44.7 Å². The van der Waals surface area contributed by atoms with Gasteiger partial charge in [0.15, 0.2) is 5.96 Å². The number of thiophene rings is 1. The topological polar surface area (TPSA) is 85.8 Å². The van der Waals surface area contributed by atoms with E-state index in [1.54, 1.807) is 36.8 Å². The summed E-state index contributed by atoms with van der Waals surface area (Å²) in [4.78, 5) is 29.2. The quantitative estimate of drug-likeness (QED) is 0.567. The van der Waals surface area contributed by atoms with Crippen molar-refractivity contribution in [2.45, 2.75) is 13.0 Å². The van der Waals surface area contributed by atoms with Crippen LogP contribution in [0, 0.1) is 0 Å². The molecule has 0 unspecified atom stereocenters. The summed E-state index contributed by atoms with van der Waals surface area (Å²) in [5.74, 6) is 1.59. The Morgan fingerprint density at radius 1 is 1.22 bits per heavy atom. The molecular formula is C18H25N7OS. The van der Waals surface area contributed by atoms with Gasteiger partial charge in [-0.3, -0.25) is 9.79 Å². The van der Waals surface area contributed by atoms with Crippen molar-refractivity contribution in [3.8, 4) is 0 Å². The second-order valence-corrected chi connectivity index (χ2v) is 6.93. The number of nitrogens with one attached hydrogen (secondary N) is 2. The van der Waals surface area contributed by atoms with Gasteiger partial charge in [0, 0.05) is 65.1 Å². The lowest BCUT2D eigenvalue weighted by molar-refractivity contribution is -0.131. The molecule has 9 heteroatoms. The molecule has 3 rings (SSSR count). The predicted octanol–water partition coefficient (Wildman–Crippen LogP) is 0.942. The Bertz CT molecular complexity index is 727. The molecule has 1 fully saturated rings. The fourth-order valence-corrected chi connectivity index (χ4v) is 3.52. The minimum atomic E-state index is 0.157. The van der Waals surface area contributed by atoms with E-state index in [-0.39, 0.29) is 5.91 Å². The van der Waals surface area contributed by atoms with Gasteiger partial charge in [-0.05, 0) is 28.5 Å². The lowest BCUT2D eigenvalue weighted by atomic mass is 10.3. The number of anilines is 1. The molecule has 0 radical (unpaired) electrons. The number of carbonyl (C=O) groups excluding carboxylic acids is 1. The number of carbonyl (C=O) groups is 1. The molecule has 0 aliphatic carbocycles. The zero-order chi connectivity index (χ0) is 18.9. The summed E-state index contributed by atoms with van der Waals surface area (Å²) >= 11 is 1.67. The molecule has 0 aromatic carbocycles. The summed E-state index contributed by atoms with van der Waals surface area (Å²) in [6, 6.07) is 3.88. The highest BCUT2D eigenvalue weighted by Gasteiger charge is 2.22. The second-order valence-electron chi connectivity index (χ2n) is 6.15. The summed E-state index contributed by atoms with van der Waals surface area (Å²) < 4.78 is 0. The van der Waals surface area contributed by atoms with Crippen LogP contribution in [0.4, 0.5) is 5.95 Å². The number of amides is 1. The van der Waals surface area contributed by atoms with Gasteiger partial charge in [-0.2, -0.15) is 11.3 Å². The summed E-state index contributed by atoms with van der Waals surface area (Å²) in [5, 5.41) is 10.6. The zero-order valence-corrected chi connectivity index (χ0v) is 16.3. The summed E-state index contributed by atoms with van der Waals surface area (Å²) in [7, 11) is 1.73. The normalized spacial score (nSPS) is 14.9. The van der Waals surface area contributed by atoms with E-state index in [0.717, 1.165) is 25.6 Å². The molecule has 3 heterocycles. The standard InChI is InChI=1S/C18H25N7OS/c1-19-17(23-13-15-4-12-27-14-15)20-7-3-16(26)24-8-10-25(11-9-24)18-21-5-2-6-22-18/h2,4-6,12,14H,3,7-11,13H2,1H3,(H2,19,20,23). The molecule has 8 nitrogen and oxygen atoms in total. The van der Waals surface area contributed by atoms with Crippen molar-refractivity contribution in [1.82, 2.24) is 25.5 Å². The summed E-state index contributed by atoms with van der Waals surface area (Å²) in [5.41, 5.74) is 1.22. The number of rotatable bonds is 6. The molecule has 2 N–H and O–H groups in total. The van der Waals surface area contributed by atoms with Crippen LogP contribution in [0.25, 0.3) is 0 Å². The highest BCUT2D eigenvalue weighted by Crippen LogP contribution is 2.10. The van der Waals surface area contributed by atoms with Crippen molar-refractivity contribution in [1.29, 1.82) is 0 Å². The number of nitrogens with zero attached hydrogens (tertiary/aromatic N) is 5. The number of piperazine rings is 1. The number of hydrogen-bond donors (Lipinski definition) is 2. The zero-order valence-electron chi connectivity index (χ0n) is 15.5. The number of aromatic nitrogens is 2. The second kappa shape index (κ2) is 9.86. The number of hydrogen-bond acceptors (Lipinski definition) is 6. The van der Waals surface area contributed by atoms with E-state index < -0.39 is 0 Å². The van der Waals surface area contributed by atoms with Gasteiger partial charge < -0.3 is 20.4 Å². The molecular weight excluding hydrogens is 362 g/mol. The monoisotopic (exact) mass is 387 g/mol. The average Bonchev–Trinajstić information content (AvgIpc) is 3.25. The van der Waals surface area contributed by atoms with Crippen molar-refractivity contribution < 1.29 is 4.79 Å². The predicted molar refractivity (Wildman–Crippen MR) is 108 cm³/mol. The van der Waals surface area contributed by atoms with Crippen LogP contribution in [-0.4, -0.2) is 66.5 Å². The van der Waals surface area contributed by atoms with E-state index >= 15 is 0 Å². The van der Waals surface area contributed by atoms with Crippen LogP contribution in [0.15, 0.2) is 40.3 Å². The van der Waals surface area contributed by atoms with Gasteiger partial charge in [0.1, 0.15) is 0 Å². The van der Waals surface area contributed by atoms with Crippen LogP contribution in [0.5, 0.6) is 0 Å². The van der Waals surface area contributed by atoms with E-state index in [2.05, 4.69) is 47.3 Å². The first-order chi connectivity index (χ1) is 13.3. The van der Waals surface area contributed by atoms with E-state index in [0.29, 0.717) is 32.0 Å². The smallest absolute Gasteiger partial charge is 0.225 e.